The molecule has 0 unspecified atom stereocenters. The van der Waals surface area contributed by atoms with E-state index >= 15 is 0 Å². The van der Waals surface area contributed by atoms with Crippen LogP contribution in [0.5, 0.6) is 0 Å². The van der Waals surface area contributed by atoms with Gasteiger partial charge in [-0.15, -0.1) is 0 Å². The molecule has 0 aliphatic rings. The van der Waals surface area contributed by atoms with E-state index in [1.807, 2.05) is 0 Å². The molecule has 0 nitrogen and oxygen atoms in total. The molecule has 0 aromatic carbocycles. The first-order chi connectivity index (χ1) is 15.4. The summed E-state index contributed by atoms with van der Waals surface area (Å²) in [6.45, 7) is 4.62. The Balaban J connectivity index is 2.98. The van der Waals surface area contributed by atoms with Gasteiger partial charge in [-0.1, -0.05) is 39.5 Å². The first-order valence-corrected chi connectivity index (χ1v) is 21.1. The van der Waals surface area contributed by atoms with Gasteiger partial charge in [-0.25, -0.2) is 0 Å². The van der Waals surface area contributed by atoms with E-state index in [2.05, 4.69) is 13.8 Å². The quantitative estimate of drug-likeness (QED) is 0.0691. The van der Waals surface area contributed by atoms with Gasteiger partial charge in [-0.2, -0.15) is 0 Å². The molecule has 0 N–H and O–H groups in total. The first kappa shape index (κ1) is 31.9. The second kappa shape index (κ2) is 30.9. The topological polar surface area (TPSA) is 0 Å². The molecule has 0 saturated heterocycles. The molecule has 0 aliphatic carbocycles. The maximum absolute atomic E-state index is 2.31. The Morgan fingerprint density at radius 3 is 0.677 bits per heavy atom. The van der Waals surface area contributed by atoms with Crippen LogP contribution in [-0.4, -0.2) is 0 Å². The van der Waals surface area contributed by atoms with Gasteiger partial charge < -0.3 is 0 Å². The van der Waals surface area contributed by atoms with E-state index in [4.69, 9.17) is 0 Å². The Kier molecular flexibility index (Phi) is 31.8. The van der Waals surface area contributed by atoms with E-state index in [0.29, 0.717) is 0 Å². The van der Waals surface area contributed by atoms with Gasteiger partial charge in [0.05, 0.1) is 0 Å². The van der Waals surface area contributed by atoms with Crippen LogP contribution >= 0.6 is 0 Å². The molecular formula is C30H62Cd. The molecule has 31 heavy (non-hydrogen) atoms. The van der Waals surface area contributed by atoms with Crippen LogP contribution in [0, 0.1) is 0 Å². The zero-order valence-electron chi connectivity index (χ0n) is 22.5. The van der Waals surface area contributed by atoms with Crippen molar-refractivity contribution < 1.29 is 24.2 Å². The Hall–Kier alpha value is 0.922. The number of hydrogen-bond acceptors (Lipinski definition) is 0. The molecule has 1 heteroatoms. The predicted molar refractivity (Wildman–Crippen MR) is 141 cm³/mol. The van der Waals surface area contributed by atoms with Crippen LogP contribution in [0.15, 0.2) is 0 Å². The monoisotopic (exact) mass is 536 g/mol. The van der Waals surface area contributed by atoms with Crippen LogP contribution in [0.25, 0.3) is 0 Å². The third kappa shape index (κ3) is 30.9. The average Bonchev–Trinajstić information content (AvgIpc) is 2.78. The van der Waals surface area contributed by atoms with E-state index < -0.39 is 0 Å². The van der Waals surface area contributed by atoms with E-state index in [-0.39, 0.29) is 24.2 Å². The van der Waals surface area contributed by atoms with Gasteiger partial charge in [-0.3, -0.25) is 0 Å². The molecular weight excluding hydrogens is 473 g/mol. The maximum atomic E-state index is 2.31. The van der Waals surface area contributed by atoms with Crippen molar-refractivity contribution in [1.82, 2.24) is 0 Å². The van der Waals surface area contributed by atoms with Gasteiger partial charge in [0.15, 0.2) is 0 Å². The summed E-state index contributed by atoms with van der Waals surface area (Å²) in [6.07, 6.45) is 39.0. The molecule has 0 fully saturated rings. The first-order valence-electron chi connectivity index (χ1n) is 15.4. The van der Waals surface area contributed by atoms with Crippen molar-refractivity contribution in [2.75, 3.05) is 0 Å². The molecule has 0 rings (SSSR count). The molecule has 184 valence electrons. The molecule has 0 bridgehead atoms. The molecule has 0 spiro atoms. The molecule has 0 saturated carbocycles. The van der Waals surface area contributed by atoms with E-state index in [1.54, 1.807) is 33.6 Å². The third-order valence-corrected chi connectivity index (χ3v) is 12.9. The van der Waals surface area contributed by atoms with Crippen molar-refractivity contribution in [2.24, 2.45) is 0 Å². The SMILES string of the molecule is CCCCCCCCCCCCCC[CH2][Cd][CH2]CCCCCCCCCCCCCC. The number of rotatable bonds is 28. The standard InChI is InChI=1S/2C15H31.Cd/c2*1-3-5-7-9-11-13-15-14-12-10-8-6-4-2;/h2*1,3-15H2,2H3;. The molecule has 0 atom stereocenters. The summed E-state index contributed by atoms with van der Waals surface area (Å²) in [5.74, 6) is 0. The molecule has 0 aliphatic heterocycles. The fourth-order valence-electron chi connectivity index (χ4n) is 4.92. The van der Waals surface area contributed by atoms with Gasteiger partial charge in [-0.05, 0) is 0 Å². The van der Waals surface area contributed by atoms with Crippen LogP contribution in [0.1, 0.15) is 181 Å². The summed E-state index contributed by atoms with van der Waals surface area (Å²) < 4.78 is 3.41. The van der Waals surface area contributed by atoms with Crippen LogP contribution in [-0.2, 0) is 24.2 Å². The van der Waals surface area contributed by atoms with Crippen molar-refractivity contribution in [3.8, 4) is 0 Å². The van der Waals surface area contributed by atoms with Gasteiger partial charge in [0.25, 0.3) is 0 Å². The van der Waals surface area contributed by atoms with Gasteiger partial charge in [0.2, 0.25) is 0 Å². The van der Waals surface area contributed by atoms with E-state index in [9.17, 15) is 0 Å². The van der Waals surface area contributed by atoms with Gasteiger partial charge in [0.1, 0.15) is 0 Å². The van der Waals surface area contributed by atoms with Gasteiger partial charge in [0, 0.05) is 0 Å². The Morgan fingerprint density at radius 2 is 0.452 bits per heavy atom. The molecule has 0 heterocycles. The van der Waals surface area contributed by atoms with Crippen LogP contribution < -0.4 is 0 Å². The van der Waals surface area contributed by atoms with E-state index in [1.165, 1.54) is 141 Å². The Labute approximate surface area is 212 Å². The molecule has 0 aromatic heterocycles. The van der Waals surface area contributed by atoms with Crippen molar-refractivity contribution >= 4 is 0 Å². The summed E-state index contributed by atoms with van der Waals surface area (Å²) in [5.41, 5.74) is 0. The summed E-state index contributed by atoms with van der Waals surface area (Å²) >= 11 is -0.326. The number of hydrogen-bond donors (Lipinski definition) is 0. The Bertz CT molecular complexity index is 260. The molecule has 0 amide bonds. The predicted octanol–water partition coefficient (Wildman–Crippen LogP) is 12.1. The summed E-state index contributed by atoms with van der Waals surface area (Å²) in [7, 11) is 0. The fraction of sp³-hybridized carbons (Fsp3) is 1.00. The second-order valence-electron chi connectivity index (χ2n) is 10.5. The van der Waals surface area contributed by atoms with Crippen LogP contribution in [0.3, 0.4) is 0 Å². The summed E-state index contributed by atoms with van der Waals surface area (Å²) in [5, 5.41) is 0. The smallest absolute Gasteiger partial charge is 0.0654 e. The van der Waals surface area contributed by atoms with Crippen molar-refractivity contribution in [2.45, 2.75) is 189 Å². The van der Waals surface area contributed by atoms with Crippen molar-refractivity contribution in [3.63, 3.8) is 0 Å². The normalized spacial score (nSPS) is 11.2. The fourth-order valence-corrected chi connectivity index (χ4v) is 9.96. The number of unbranched alkanes of at least 4 members (excludes halogenated alkanes) is 24. The van der Waals surface area contributed by atoms with Crippen LogP contribution in [0.4, 0.5) is 0 Å². The van der Waals surface area contributed by atoms with Crippen LogP contribution in [0.2, 0.25) is 7.96 Å². The zero-order valence-corrected chi connectivity index (χ0v) is 26.5. The minimum atomic E-state index is -0.326. The Morgan fingerprint density at radius 1 is 0.258 bits per heavy atom. The zero-order chi connectivity index (χ0) is 22.5. The third-order valence-electron chi connectivity index (χ3n) is 7.21. The van der Waals surface area contributed by atoms with Crippen molar-refractivity contribution in [1.29, 1.82) is 0 Å². The average molecular weight is 535 g/mol. The summed E-state index contributed by atoms with van der Waals surface area (Å²) in [4.78, 5) is 0. The second-order valence-corrected chi connectivity index (χ2v) is 16.6. The summed E-state index contributed by atoms with van der Waals surface area (Å²) in [6, 6.07) is 0. The van der Waals surface area contributed by atoms with Crippen molar-refractivity contribution in [3.05, 3.63) is 0 Å². The van der Waals surface area contributed by atoms with Gasteiger partial charge >= 0.3 is 173 Å². The minimum absolute atomic E-state index is 0.326. The van der Waals surface area contributed by atoms with E-state index in [0.717, 1.165) is 0 Å². The minimum Gasteiger partial charge on any atom is -0.0654 e. The molecule has 0 aromatic rings. The molecule has 0 radical (unpaired) electrons.